The summed E-state index contributed by atoms with van der Waals surface area (Å²) in [6.07, 6.45) is 0.353. The van der Waals surface area contributed by atoms with E-state index < -0.39 is 21.8 Å². The maximum atomic E-state index is 13.1. The molecule has 1 amide bonds. The number of hydrogen-bond donors (Lipinski definition) is 2. The summed E-state index contributed by atoms with van der Waals surface area (Å²) in [4.78, 5) is 24.5. The molecule has 0 bridgehead atoms. The van der Waals surface area contributed by atoms with Crippen molar-refractivity contribution < 1.29 is 18.5 Å². The first-order valence-electron chi connectivity index (χ1n) is 12.8. The zero-order valence-electron chi connectivity index (χ0n) is 22.6. The van der Waals surface area contributed by atoms with Crippen LogP contribution < -0.4 is 9.62 Å². The van der Waals surface area contributed by atoms with E-state index in [4.69, 9.17) is 14.4 Å². The van der Waals surface area contributed by atoms with Crippen LogP contribution in [0.5, 0.6) is 0 Å². The Labute approximate surface area is 239 Å². The number of furan rings is 1. The Balaban J connectivity index is 1.79. The minimum Gasteiger partial charge on any atom is -0.467 e. The van der Waals surface area contributed by atoms with E-state index in [1.807, 2.05) is 88.4 Å². The quantitative estimate of drug-likeness (QED) is 0.200. The molecule has 2 N–H and O–H groups in total. The predicted molar refractivity (Wildman–Crippen MR) is 161 cm³/mol. The second-order valence-electron chi connectivity index (χ2n) is 10.3. The van der Waals surface area contributed by atoms with Crippen molar-refractivity contribution in [3.63, 3.8) is 0 Å². The predicted octanol–water partition coefficient (Wildman–Crippen LogP) is 7.42. The van der Waals surface area contributed by atoms with Crippen LogP contribution in [0.1, 0.15) is 44.4 Å². The Bertz CT molecular complexity index is 1650. The SMILES string of the molecule is C[C@H](NS(=O)C(C)(C)C)c1sc2c(N(Cc3ccco3)C(=O)O)nc(-c3ccccc3)nc2c1-c1ccccc1. The van der Waals surface area contributed by atoms with Crippen LogP contribution in [0, 0.1) is 0 Å². The summed E-state index contributed by atoms with van der Waals surface area (Å²) >= 11 is 1.41. The number of carbonyl (C=O) groups is 1. The van der Waals surface area contributed by atoms with Crippen molar-refractivity contribution in [3.8, 4) is 22.5 Å². The second kappa shape index (κ2) is 11.3. The molecule has 0 spiro atoms. The number of aromatic nitrogens is 2. The van der Waals surface area contributed by atoms with Crippen molar-refractivity contribution in [2.24, 2.45) is 0 Å². The van der Waals surface area contributed by atoms with Crippen LogP contribution >= 0.6 is 11.3 Å². The summed E-state index contributed by atoms with van der Waals surface area (Å²) in [5, 5.41) is 10.3. The van der Waals surface area contributed by atoms with Gasteiger partial charge in [-0.3, -0.25) is 4.90 Å². The number of anilines is 1. The Morgan fingerprint density at radius 1 is 1.02 bits per heavy atom. The lowest BCUT2D eigenvalue weighted by Gasteiger charge is -2.22. The molecule has 0 aliphatic heterocycles. The molecule has 0 aliphatic carbocycles. The van der Waals surface area contributed by atoms with Gasteiger partial charge >= 0.3 is 6.09 Å². The van der Waals surface area contributed by atoms with Crippen LogP contribution in [0.4, 0.5) is 10.6 Å². The summed E-state index contributed by atoms with van der Waals surface area (Å²) in [6, 6.07) is 22.5. The minimum atomic E-state index is -1.33. The molecule has 0 radical (unpaired) electrons. The van der Waals surface area contributed by atoms with E-state index in [0.29, 0.717) is 21.8 Å². The van der Waals surface area contributed by atoms with E-state index in [9.17, 15) is 14.1 Å². The molecule has 8 nitrogen and oxygen atoms in total. The smallest absolute Gasteiger partial charge is 0.413 e. The fourth-order valence-corrected chi connectivity index (χ4v) is 6.38. The highest BCUT2D eigenvalue weighted by molar-refractivity contribution is 7.84. The van der Waals surface area contributed by atoms with Gasteiger partial charge in [0.2, 0.25) is 0 Å². The van der Waals surface area contributed by atoms with Gasteiger partial charge < -0.3 is 9.52 Å². The molecule has 1 unspecified atom stereocenters. The normalized spacial score (nSPS) is 13.3. The summed E-state index contributed by atoms with van der Waals surface area (Å²) in [7, 11) is -1.33. The molecule has 5 aromatic rings. The number of thiophene rings is 1. The maximum Gasteiger partial charge on any atom is 0.413 e. The number of nitrogens with zero attached hydrogens (tertiary/aromatic N) is 3. The molecule has 0 saturated carbocycles. The van der Waals surface area contributed by atoms with E-state index >= 15 is 0 Å². The molecule has 206 valence electrons. The lowest BCUT2D eigenvalue weighted by molar-refractivity contribution is 0.200. The van der Waals surface area contributed by atoms with E-state index in [-0.39, 0.29) is 18.4 Å². The summed E-state index contributed by atoms with van der Waals surface area (Å²) in [5.74, 6) is 1.17. The molecule has 2 aromatic carbocycles. The van der Waals surface area contributed by atoms with Crippen LogP contribution in [0.15, 0.2) is 83.5 Å². The van der Waals surface area contributed by atoms with Crippen LogP contribution in [0.25, 0.3) is 32.7 Å². The Hall–Kier alpha value is -3.86. The first kappa shape index (κ1) is 27.7. The van der Waals surface area contributed by atoms with Gasteiger partial charge in [-0.2, -0.15) is 0 Å². The molecule has 3 heterocycles. The monoisotopic (exact) mass is 574 g/mol. The Kier molecular flexibility index (Phi) is 7.84. The van der Waals surface area contributed by atoms with Gasteiger partial charge in [-0.25, -0.2) is 23.7 Å². The van der Waals surface area contributed by atoms with E-state index in [1.165, 1.54) is 22.5 Å². The first-order chi connectivity index (χ1) is 19.1. The third kappa shape index (κ3) is 5.70. The number of hydrogen-bond acceptors (Lipinski definition) is 6. The highest BCUT2D eigenvalue weighted by Crippen LogP contribution is 2.45. The highest BCUT2D eigenvalue weighted by Gasteiger charge is 2.30. The molecule has 0 aliphatic rings. The lowest BCUT2D eigenvalue weighted by Crippen LogP contribution is -2.34. The van der Waals surface area contributed by atoms with Crippen molar-refractivity contribution in [3.05, 3.63) is 89.7 Å². The minimum absolute atomic E-state index is 0.0155. The third-order valence-corrected chi connectivity index (χ3v) is 9.29. The topological polar surface area (TPSA) is 109 Å². The van der Waals surface area contributed by atoms with Gasteiger partial charge in [0.05, 0.1) is 44.8 Å². The van der Waals surface area contributed by atoms with Gasteiger partial charge in [0.15, 0.2) is 11.6 Å². The van der Waals surface area contributed by atoms with Crippen LogP contribution in [-0.2, 0) is 17.5 Å². The largest absolute Gasteiger partial charge is 0.467 e. The lowest BCUT2D eigenvalue weighted by atomic mass is 10.0. The van der Waals surface area contributed by atoms with Crippen molar-refractivity contribution in [2.75, 3.05) is 4.90 Å². The van der Waals surface area contributed by atoms with Crippen molar-refractivity contribution in [1.82, 2.24) is 14.7 Å². The zero-order chi connectivity index (χ0) is 28.4. The van der Waals surface area contributed by atoms with Crippen LogP contribution in [-0.4, -0.2) is 30.1 Å². The Morgan fingerprint density at radius 3 is 2.25 bits per heavy atom. The fourth-order valence-electron chi connectivity index (χ4n) is 4.25. The molecular weight excluding hydrogens is 544 g/mol. The first-order valence-corrected chi connectivity index (χ1v) is 14.8. The molecule has 3 aromatic heterocycles. The highest BCUT2D eigenvalue weighted by atomic mass is 32.2. The standard InChI is InChI=1S/C30H30N4O4S2/c1-19(33-40(37)30(2,3)4)25-23(20-12-7-5-8-13-20)24-26(39-25)28(32-27(31-24)21-14-9-6-10-15-21)34(29(35)36)18-22-16-11-17-38-22/h5-17,19,33H,18H2,1-4H3,(H,35,36)/t19-,40?/m0/s1. The molecule has 2 atom stereocenters. The molecule has 5 rings (SSSR count). The van der Waals surface area contributed by atoms with Crippen molar-refractivity contribution >= 4 is 44.5 Å². The average molecular weight is 575 g/mol. The van der Waals surface area contributed by atoms with E-state index in [1.54, 1.807) is 12.1 Å². The molecule has 0 fully saturated rings. The number of fused-ring (bicyclic) bond motifs is 1. The summed E-state index contributed by atoms with van der Waals surface area (Å²) in [5.41, 5.74) is 3.18. The van der Waals surface area contributed by atoms with Gasteiger partial charge in [0.25, 0.3) is 0 Å². The fraction of sp³-hybridized carbons (Fsp3) is 0.233. The average Bonchev–Trinajstić information content (AvgIpc) is 3.59. The second-order valence-corrected chi connectivity index (χ2v) is 13.3. The molecule has 40 heavy (non-hydrogen) atoms. The number of amides is 1. The summed E-state index contributed by atoms with van der Waals surface area (Å²) < 4.78 is 22.0. The number of carboxylic acid groups (broad SMARTS) is 1. The number of rotatable bonds is 8. The molecule has 10 heteroatoms. The summed E-state index contributed by atoms with van der Waals surface area (Å²) in [6.45, 7) is 7.70. The number of nitrogens with one attached hydrogen (secondary N) is 1. The van der Waals surface area contributed by atoms with E-state index in [2.05, 4.69) is 4.72 Å². The van der Waals surface area contributed by atoms with Gasteiger partial charge in [-0.15, -0.1) is 11.3 Å². The van der Waals surface area contributed by atoms with Crippen LogP contribution in [0.3, 0.4) is 0 Å². The third-order valence-electron chi connectivity index (χ3n) is 6.25. The molecular formula is C30H30N4O4S2. The van der Waals surface area contributed by atoms with Gasteiger partial charge in [-0.1, -0.05) is 60.7 Å². The van der Waals surface area contributed by atoms with E-state index in [0.717, 1.165) is 21.6 Å². The zero-order valence-corrected chi connectivity index (χ0v) is 24.3. The number of benzene rings is 2. The van der Waals surface area contributed by atoms with Gasteiger partial charge in [0.1, 0.15) is 5.76 Å². The van der Waals surface area contributed by atoms with Gasteiger partial charge in [0, 0.05) is 16.0 Å². The van der Waals surface area contributed by atoms with Crippen molar-refractivity contribution in [2.45, 2.75) is 45.0 Å². The Morgan fingerprint density at radius 2 is 1.68 bits per heavy atom. The van der Waals surface area contributed by atoms with Crippen LogP contribution in [0.2, 0.25) is 0 Å². The molecule has 0 saturated heterocycles. The van der Waals surface area contributed by atoms with Crippen molar-refractivity contribution in [1.29, 1.82) is 0 Å². The van der Waals surface area contributed by atoms with Gasteiger partial charge in [-0.05, 0) is 45.4 Å². The maximum absolute atomic E-state index is 13.1.